The number of carbonyl (C=O) groups excluding carboxylic acids is 1. The second kappa shape index (κ2) is 60.6. The van der Waals surface area contributed by atoms with Gasteiger partial charge in [0.25, 0.3) is 0 Å². The van der Waals surface area contributed by atoms with E-state index in [1.165, 1.54) is 180 Å². The zero-order valence-electron chi connectivity index (χ0n) is 57.3. The summed E-state index contributed by atoms with van der Waals surface area (Å²) >= 11 is 0. The molecule has 0 aliphatic carbocycles. The van der Waals surface area contributed by atoms with Crippen molar-refractivity contribution in [3.05, 3.63) is 97.2 Å². The van der Waals surface area contributed by atoms with Crippen LogP contribution >= 0.6 is 0 Å². The van der Waals surface area contributed by atoms with E-state index in [-0.39, 0.29) is 18.9 Å². The number of hydrogen-bond acceptors (Lipinski definition) is 13. The van der Waals surface area contributed by atoms with Gasteiger partial charge in [-0.25, -0.2) is 0 Å². The monoisotopic (exact) mass is 1280 g/mol. The Bertz CT molecular complexity index is 1900. The molecule has 2 fully saturated rings. The van der Waals surface area contributed by atoms with Crippen LogP contribution in [0.5, 0.6) is 0 Å². The predicted molar refractivity (Wildman–Crippen MR) is 373 cm³/mol. The van der Waals surface area contributed by atoms with Gasteiger partial charge in [-0.05, 0) is 89.9 Å². The molecule has 12 atom stereocenters. The Labute approximate surface area is 553 Å². The van der Waals surface area contributed by atoms with Crippen molar-refractivity contribution in [2.75, 3.05) is 19.8 Å². The second-order valence-electron chi connectivity index (χ2n) is 25.7. The number of aliphatic hydroxyl groups excluding tert-OH is 8. The lowest BCUT2D eigenvalue weighted by molar-refractivity contribution is -0.359. The summed E-state index contributed by atoms with van der Waals surface area (Å²) in [5, 5.41) is 87.4. The SMILES string of the molecule is CC/C=C\C/C=C\C/C=C\C/C=C\C/C=C\CCCCCCCCCCCCCCCCCCCCCCCCCC(=O)NC(COC1OC(CO)C(OC2OC(CO)C(O)C(O)C2O)C(O)C1O)C(O)/C=C/CC/C=C/CC/C=C/CCCCCCCCCC. The average Bonchev–Trinajstić information content (AvgIpc) is 1.19. The first-order valence-corrected chi connectivity index (χ1v) is 37.0. The van der Waals surface area contributed by atoms with Crippen LogP contribution in [0, 0.1) is 0 Å². The predicted octanol–water partition coefficient (Wildman–Crippen LogP) is 15.7. The van der Waals surface area contributed by atoms with Crippen molar-refractivity contribution in [3.63, 3.8) is 0 Å². The molecule has 2 rings (SSSR count). The first kappa shape index (κ1) is 84.0. The Hall–Kier alpha value is -3.09. The third kappa shape index (κ3) is 44.3. The molecule has 0 aromatic heterocycles. The molecule has 1 amide bonds. The van der Waals surface area contributed by atoms with Crippen molar-refractivity contribution in [1.82, 2.24) is 5.32 Å². The third-order valence-electron chi connectivity index (χ3n) is 17.5. The Morgan fingerprint density at radius 3 is 1.21 bits per heavy atom. The molecule has 91 heavy (non-hydrogen) atoms. The van der Waals surface area contributed by atoms with Gasteiger partial charge in [0.1, 0.15) is 48.8 Å². The molecule has 9 N–H and O–H groups in total. The lowest BCUT2D eigenvalue weighted by Gasteiger charge is -2.46. The molecular formula is C77H135NO13. The minimum absolute atomic E-state index is 0.251. The largest absolute Gasteiger partial charge is 0.394 e. The Balaban J connectivity index is 1.59. The number of amides is 1. The molecular weight excluding hydrogens is 1150 g/mol. The highest BCUT2D eigenvalue weighted by molar-refractivity contribution is 5.76. The van der Waals surface area contributed by atoms with Gasteiger partial charge in [0.05, 0.1) is 32.0 Å². The van der Waals surface area contributed by atoms with E-state index in [2.05, 4.69) is 104 Å². The number of allylic oxidation sites excluding steroid dienone is 15. The minimum atomic E-state index is -1.80. The van der Waals surface area contributed by atoms with Gasteiger partial charge in [-0.1, -0.05) is 291 Å². The van der Waals surface area contributed by atoms with Crippen molar-refractivity contribution in [2.45, 2.75) is 364 Å². The molecule has 2 saturated heterocycles. The molecule has 0 aromatic carbocycles. The Morgan fingerprint density at radius 2 is 0.769 bits per heavy atom. The van der Waals surface area contributed by atoms with Crippen LogP contribution in [0.4, 0.5) is 0 Å². The maximum absolute atomic E-state index is 13.3. The summed E-state index contributed by atoms with van der Waals surface area (Å²) in [6.45, 7) is 2.67. The number of hydrogen-bond donors (Lipinski definition) is 9. The zero-order valence-corrected chi connectivity index (χ0v) is 57.3. The molecule has 0 radical (unpaired) electrons. The van der Waals surface area contributed by atoms with E-state index < -0.39 is 86.8 Å². The molecule has 526 valence electrons. The fourth-order valence-corrected chi connectivity index (χ4v) is 11.6. The van der Waals surface area contributed by atoms with E-state index >= 15 is 0 Å². The maximum Gasteiger partial charge on any atom is 0.220 e. The smallest absolute Gasteiger partial charge is 0.220 e. The van der Waals surface area contributed by atoms with E-state index in [0.29, 0.717) is 12.8 Å². The van der Waals surface area contributed by atoms with E-state index in [4.69, 9.17) is 18.9 Å². The molecule has 0 spiro atoms. The highest BCUT2D eigenvalue weighted by Crippen LogP contribution is 2.30. The number of aliphatic hydroxyl groups is 8. The van der Waals surface area contributed by atoms with Crippen molar-refractivity contribution >= 4 is 5.91 Å². The normalized spacial score (nSPS) is 23.4. The van der Waals surface area contributed by atoms with Gasteiger partial charge in [0, 0.05) is 6.42 Å². The number of rotatable bonds is 60. The average molecular weight is 1280 g/mol. The van der Waals surface area contributed by atoms with Crippen LogP contribution in [-0.2, 0) is 23.7 Å². The molecule has 2 heterocycles. The van der Waals surface area contributed by atoms with E-state index in [1.54, 1.807) is 6.08 Å². The van der Waals surface area contributed by atoms with Crippen LogP contribution < -0.4 is 5.32 Å². The van der Waals surface area contributed by atoms with Crippen molar-refractivity contribution in [3.8, 4) is 0 Å². The number of unbranched alkanes of at least 4 members (excludes halogenated alkanes) is 33. The van der Waals surface area contributed by atoms with Crippen LogP contribution in [0.2, 0.25) is 0 Å². The van der Waals surface area contributed by atoms with Gasteiger partial charge in [-0.2, -0.15) is 0 Å². The number of carbonyl (C=O) groups is 1. The molecule has 2 aliphatic heterocycles. The van der Waals surface area contributed by atoms with Crippen LogP contribution in [0.1, 0.15) is 290 Å². The van der Waals surface area contributed by atoms with Gasteiger partial charge in [0.15, 0.2) is 12.6 Å². The van der Waals surface area contributed by atoms with Gasteiger partial charge in [-0.15, -0.1) is 0 Å². The van der Waals surface area contributed by atoms with Crippen molar-refractivity contribution < 1.29 is 64.6 Å². The fraction of sp³-hybridized carbons (Fsp3) is 0.779. The first-order chi connectivity index (χ1) is 44.6. The van der Waals surface area contributed by atoms with Gasteiger partial charge >= 0.3 is 0 Å². The molecule has 0 aromatic rings. The molecule has 2 aliphatic rings. The standard InChI is InChI=1S/C77H135NO13/c1-3-5-7-9-11-13-15-17-19-21-23-24-25-26-27-28-29-30-31-32-33-34-35-36-37-38-39-40-41-42-43-45-47-49-51-53-55-57-59-61-69(82)78-65(66(81)60-58-56-54-52-50-48-46-44-22-20-18-16-14-12-10-8-6-4-2)64-88-76-74(87)72(85)75(68(63-80)90-76)91-77-73(86)71(84)70(83)67(62-79)89-77/h5,7,11,13,17,19,22-24,26-27,44,50,52,58,60,65-68,70-77,79-81,83-87H,3-4,6,8-10,12,14-16,18,20-21,25,28-43,45-49,51,53-57,59,61-64H2,1-2H3,(H,78,82)/b7-5-,13-11-,19-17-,24-23-,27-26-,44-22+,52-50+,60-58+. The summed E-state index contributed by atoms with van der Waals surface area (Å²) in [5.74, 6) is -0.251. The van der Waals surface area contributed by atoms with Gasteiger partial charge in [-0.3, -0.25) is 4.79 Å². The number of ether oxygens (including phenoxy) is 4. The highest BCUT2D eigenvalue weighted by atomic mass is 16.7. The Kier molecular flexibility index (Phi) is 55.9. The van der Waals surface area contributed by atoms with Crippen LogP contribution in [-0.4, -0.2) is 140 Å². The van der Waals surface area contributed by atoms with E-state index in [9.17, 15) is 45.6 Å². The third-order valence-corrected chi connectivity index (χ3v) is 17.5. The Morgan fingerprint density at radius 1 is 0.407 bits per heavy atom. The molecule has 0 bridgehead atoms. The quantitative estimate of drug-likeness (QED) is 0.0204. The molecule has 14 nitrogen and oxygen atoms in total. The van der Waals surface area contributed by atoms with E-state index in [1.807, 2.05) is 6.08 Å². The minimum Gasteiger partial charge on any atom is -0.394 e. The molecule has 0 saturated carbocycles. The summed E-state index contributed by atoms with van der Waals surface area (Å²) in [7, 11) is 0. The number of nitrogens with one attached hydrogen (secondary N) is 1. The van der Waals surface area contributed by atoms with Gasteiger partial charge < -0.3 is 65.1 Å². The summed E-state index contributed by atoms with van der Waals surface area (Å²) < 4.78 is 22.8. The van der Waals surface area contributed by atoms with Crippen LogP contribution in [0.25, 0.3) is 0 Å². The zero-order chi connectivity index (χ0) is 65.9. The highest BCUT2D eigenvalue weighted by Gasteiger charge is 2.51. The van der Waals surface area contributed by atoms with E-state index in [0.717, 1.165) is 77.0 Å². The molecule has 12 unspecified atom stereocenters. The lowest BCUT2D eigenvalue weighted by Crippen LogP contribution is -2.65. The summed E-state index contributed by atoms with van der Waals surface area (Å²) in [4.78, 5) is 13.3. The van der Waals surface area contributed by atoms with Gasteiger partial charge in [0.2, 0.25) is 5.91 Å². The fourth-order valence-electron chi connectivity index (χ4n) is 11.6. The second-order valence-corrected chi connectivity index (χ2v) is 25.7. The van der Waals surface area contributed by atoms with Crippen LogP contribution in [0.3, 0.4) is 0 Å². The summed E-state index contributed by atoms with van der Waals surface area (Å²) in [6, 6.07) is -0.941. The topological polar surface area (TPSA) is 228 Å². The summed E-state index contributed by atoms with van der Waals surface area (Å²) in [6.07, 6.45) is 69.1. The maximum atomic E-state index is 13.3. The van der Waals surface area contributed by atoms with Crippen molar-refractivity contribution in [1.29, 1.82) is 0 Å². The van der Waals surface area contributed by atoms with Crippen molar-refractivity contribution in [2.24, 2.45) is 0 Å². The first-order valence-electron chi connectivity index (χ1n) is 37.0. The van der Waals surface area contributed by atoms with Crippen LogP contribution in [0.15, 0.2) is 97.2 Å². The summed E-state index contributed by atoms with van der Waals surface area (Å²) in [5.41, 5.74) is 0. The lowest BCUT2D eigenvalue weighted by atomic mass is 9.97. The molecule has 14 heteroatoms.